The zero-order valence-corrected chi connectivity index (χ0v) is 14.2. The third kappa shape index (κ3) is 5.71. The monoisotopic (exact) mass is 355 g/mol. The molecular weight excluding hydrogens is 334 g/mol. The van der Waals surface area contributed by atoms with Gasteiger partial charge in [0.05, 0.1) is 17.9 Å². The van der Waals surface area contributed by atoms with Crippen molar-refractivity contribution in [2.75, 3.05) is 25.0 Å². The number of aliphatic hydroxyl groups is 1. The number of para-hydroxylation sites is 1. The van der Waals surface area contributed by atoms with Gasteiger partial charge in [0.2, 0.25) is 0 Å². The molecule has 0 aliphatic carbocycles. The van der Waals surface area contributed by atoms with Crippen LogP contribution in [0.5, 0.6) is 0 Å². The molecule has 0 bridgehead atoms. The van der Waals surface area contributed by atoms with Crippen molar-refractivity contribution in [2.45, 2.75) is 6.42 Å². The van der Waals surface area contributed by atoms with Crippen molar-refractivity contribution in [1.82, 2.24) is 10.6 Å². The number of anilines is 1. The minimum Gasteiger partial charge on any atom is -0.395 e. The average molecular weight is 355 g/mol. The Morgan fingerprint density at radius 1 is 0.808 bits per heavy atom. The highest BCUT2D eigenvalue weighted by Crippen LogP contribution is 2.15. The zero-order valence-electron chi connectivity index (χ0n) is 14.2. The Bertz CT molecular complexity index is 762. The maximum absolute atomic E-state index is 12.4. The molecule has 0 saturated heterocycles. The number of nitrogens with one attached hydrogen (secondary N) is 3. The Balaban J connectivity index is 1.95. The average Bonchev–Trinajstić information content (AvgIpc) is 2.67. The normalized spacial score (nSPS) is 10.0. The fourth-order valence-corrected chi connectivity index (χ4v) is 2.28. The molecule has 0 aromatic heterocycles. The lowest BCUT2D eigenvalue weighted by Gasteiger charge is -2.11. The van der Waals surface area contributed by atoms with Gasteiger partial charge in [-0.3, -0.25) is 14.4 Å². The Hall–Kier alpha value is -3.19. The van der Waals surface area contributed by atoms with Crippen molar-refractivity contribution >= 4 is 23.4 Å². The molecule has 26 heavy (non-hydrogen) atoms. The summed E-state index contributed by atoms with van der Waals surface area (Å²) in [7, 11) is 0. The molecule has 136 valence electrons. The lowest BCUT2D eigenvalue weighted by Crippen LogP contribution is -2.37. The smallest absolute Gasteiger partial charge is 0.313 e. The fraction of sp³-hybridized carbons (Fsp3) is 0.211. The lowest BCUT2D eigenvalue weighted by molar-refractivity contribution is -0.136. The van der Waals surface area contributed by atoms with Crippen LogP contribution in [-0.4, -0.2) is 42.5 Å². The van der Waals surface area contributed by atoms with E-state index in [1.807, 2.05) is 30.3 Å². The van der Waals surface area contributed by atoms with Crippen LogP contribution in [-0.2, 0) is 16.0 Å². The highest BCUT2D eigenvalue weighted by atomic mass is 16.3. The van der Waals surface area contributed by atoms with E-state index in [9.17, 15) is 14.4 Å². The van der Waals surface area contributed by atoms with Crippen LogP contribution in [0.4, 0.5) is 5.69 Å². The molecule has 2 aromatic rings. The van der Waals surface area contributed by atoms with Gasteiger partial charge < -0.3 is 21.1 Å². The van der Waals surface area contributed by atoms with Crippen LogP contribution in [0.25, 0.3) is 0 Å². The molecule has 0 spiro atoms. The van der Waals surface area contributed by atoms with Crippen molar-refractivity contribution in [2.24, 2.45) is 0 Å². The second-order valence-electron chi connectivity index (χ2n) is 5.47. The molecule has 0 atom stereocenters. The first-order chi connectivity index (χ1) is 12.6. The molecule has 2 rings (SSSR count). The quantitative estimate of drug-likeness (QED) is 0.549. The van der Waals surface area contributed by atoms with Crippen molar-refractivity contribution in [3.05, 3.63) is 65.7 Å². The minimum atomic E-state index is -0.900. The number of benzene rings is 2. The maximum atomic E-state index is 12.4. The lowest BCUT2D eigenvalue weighted by atomic mass is 10.1. The minimum absolute atomic E-state index is 0.0200. The first-order valence-electron chi connectivity index (χ1n) is 8.23. The molecule has 4 N–H and O–H groups in total. The molecular formula is C19H21N3O4. The predicted octanol–water partition coefficient (Wildman–Crippen LogP) is 0.706. The van der Waals surface area contributed by atoms with Gasteiger partial charge in [0.15, 0.2) is 0 Å². The van der Waals surface area contributed by atoms with E-state index in [1.54, 1.807) is 24.3 Å². The predicted molar refractivity (Wildman–Crippen MR) is 97.6 cm³/mol. The molecule has 3 amide bonds. The van der Waals surface area contributed by atoms with Gasteiger partial charge in [0.25, 0.3) is 5.91 Å². The Morgan fingerprint density at radius 3 is 2.23 bits per heavy atom. The molecule has 0 fully saturated rings. The summed E-state index contributed by atoms with van der Waals surface area (Å²) in [5, 5.41) is 16.1. The third-order valence-corrected chi connectivity index (χ3v) is 3.57. The van der Waals surface area contributed by atoms with E-state index in [1.165, 1.54) is 0 Å². The molecule has 0 heterocycles. The Morgan fingerprint density at radius 2 is 1.50 bits per heavy atom. The van der Waals surface area contributed by atoms with Crippen LogP contribution >= 0.6 is 0 Å². The third-order valence-electron chi connectivity index (χ3n) is 3.57. The molecule has 0 saturated carbocycles. The summed E-state index contributed by atoms with van der Waals surface area (Å²) in [6.07, 6.45) is 0.685. The molecule has 2 aromatic carbocycles. The van der Waals surface area contributed by atoms with Gasteiger partial charge in [-0.1, -0.05) is 42.5 Å². The van der Waals surface area contributed by atoms with E-state index >= 15 is 0 Å². The highest BCUT2D eigenvalue weighted by Gasteiger charge is 2.17. The van der Waals surface area contributed by atoms with E-state index in [2.05, 4.69) is 16.0 Å². The van der Waals surface area contributed by atoms with E-state index in [0.717, 1.165) is 5.56 Å². The van der Waals surface area contributed by atoms with Crippen LogP contribution in [0.2, 0.25) is 0 Å². The van der Waals surface area contributed by atoms with Crippen LogP contribution in [0.3, 0.4) is 0 Å². The maximum Gasteiger partial charge on any atom is 0.313 e. The van der Waals surface area contributed by atoms with Gasteiger partial charge in [0.1, 0.15) is 0 Å². The summed E-state index contributed by atoms with van der Waals surface area (Å²) in [5.41, 5.74) is 1.62. The summed E-state index contributed by atoms with van der Waals surface area (Å²) >= 11 is 0. The Labute approximate surface area is 151 Å². The zero-order chi connectivity index (χ0) is 18.8. The van der Waals surface area contributed by atoms with Crippen LogP contribution in [0.15, 0.2) is 54.6 Å². The molecule has 0 aliphatic heterocycles. The summed E-state index contributed by atoms with van der Waals surface area (Å²) < 4.78 is 0. The fourth-order valence-electron chi connectivity index (χ4n) is 2.28. The van der Waals surface area contributed by atoms with Gasteiger partial charge in [-0.2, -0.15) is 0 Å². The molecule has 7 nitrogen and oxygen atoms in total. The number of hydrogen-bond donors (Lipinski definition) is 4. The second kappa shape index (κ2) is 9.95. The van der Waals surface area contributed by atoms with Crippen LogP contribution in [0, 0.1) is 0 Å². The van der Waals surface area contributed by atoms with E-state index in [0.29, 0.717) is 13.0 Å². The first-order valence-corrected chi connectivity index (χ1v) is 8.23. The highest BCUT2D eigenvalue weighted by molar-refractivity contribution is 6.40. The number of carbonyl (C=O) groups excluding carboxylic acids is 3. The van der Waals surface area contributed by atoms with E-state index in [4.69, 9.17) is 5.11 Å². The SMILES string of the molecule is O=C(NCCO)C(=O)Nc1ccccc1C(=O)NCCc1ccccc1. The number of carbonyl (C=O) groups is 3. The molecule has 0 radical (unpaired) electrons. The van der Waals surface area contributed by atoms with Gasteiger partial charge in [-0.05, 0) is 24.1 Å². The molecule has 7 heteroatoms. The second-order valence-corrected chi connectivity index (χ2v) is 5.47. The van der Waals surface area contributed by atoms with Crippen molar-refractivity contribution in [3.8, 4) is 0 Å². The van der Waals surface area contributed by atoms with Gasteiger partial charge in [-0.25, -0.2) is 0 Å². The van der Waals surface area contributed by atoms with E-state index < -0.39 is 11.8 Å². The number of amides is 3. The van der Waals surface area contributed by atoms with Gasteiger partial charge in [0, 0.05) is 13.1 Å². The number of aliphatic hydroxyl groups excluding tert-OH is 1. The summed E-state index contributed by atoms with van der Waals surface area (Å²) in [5.74, 6) is -2.12. The van der Waals surface area contributed by atoms with Gasteiger partial charge >= 0.3 is 11.8 Å². The van der Waals surface area contributed by atoms with Crippen molar-refractivity contribution in [3.63, 3.8) is 0 Å². The largest absolute Gasteiger partial charge is 0.395 e. The first kappa shape index (κ1) is 19.1. The van der Waals surface area contributed by atoms with Gasteiger partial charge in [-0.15, -0.1) is 0 Å². The molecule has 0 unspecified atom stereocenters. The summed E-state index contributed by atoms with van der Waals surface area (Å²) in [4.78, 5) is 35.8. The van der Waals surface area contributed by atoms with Crippen LogP contribution in [0.1, 0.15) is 15.9 Å². The summed E-state index contributed by atoms with van der Waals surface area (Å²) in [6.45, 7) is 0.162. The topological polar surface area (TPSA) is 108 Å². The number of rotatable bonds is 7. The standard InChI is InChI=1S/C19H21N3O4/c23-13-12-21-18(25)19(26)22-16-9-5-4-8-15(16)17(24)20-11-10-14-6-2-1-3-7-14/h1-9,23H,10-13H2,(H,20,24)(H,21,25)(H,22,26). The van der Waals surface area contributed by atoms with Crippen molar-refractivity contribution < 1.29 is 19.5 Å². The van der Waals surface area contributed by atoms with Crippen molar-refractivity contribution in [1.29, 1.82) is 0 Å². The van der Waals surface area contributed by atoms with Crippen LogP contribution < -0.4 is 16.0 Å². The number of hydrogen-bond acceptors (Lipinski definition) is 4. The Kier molecular flexibility index (Phi) is 7.32. The summed E-state index contributed by atoms with van der Waals surface area (Å²) in [6, 6.07) is 16.2. The van der Waals surface area contributed by atoms with E-state index in [-0.39, 0.29) is 30.3 Å². The molecule has 0 aliphatic rings.